The van der Waals surface area contributed by atoms with Crippen molar-refractivity contribution in [3.63, 3.8) is 0 Å². The molecular weight excluding hydrogens is 241 g/mol. The molecule has 0 saturated carbocycles. The van der Waals surface area contributed by atoms with E-state index in [4.69, 9.17) is 0 Å². The lowest BCUT2D eigenvalue weighted by Gasteiger charge is -2.08. The van der Waals surface area contributed by atoms with Gasteiger partial charge in [-0.15, -0.1) is 0 Å². The fourth-order valence-electron chi connectivity index (χ4n) is 1.61. The summed E-state index contributed by atoms with van der Waals surface area (Å²) in [6, 6.07) is 11.6. The topological polar surface area (TPSA) is 26.2 Å². The summed E-state index contributed by atoms with van der Waals surface area (Å²) in [5, 5.41) is 2.76. The number of nitrogens with one attached hydrogen (secondary N) is 2. The van der Waals surface area contributed by atoms with Crippen molar-refractivity contribution in [3.05, 3.63) is 59.8 Å². The molecule has 18 heavy (non-hydrogen) atoms. The van der Waals surface area contributed by atoms with Crippen LogP contribution in [0.4, 0.5) is 19.0 Å². The molecule has 0 aliphatic heterocycles. The van der Waals surface area contributed by atoms with Gasteiger partial charge in [-0.05, 0) is 17.7 Å². The molecule has 2 nitrogen and oxygen atoms in total. The van der Waals surface area contributed by atoms with Crippen LogP contribution in [0.25, 0.3) is 0 Å². The Labute approximate surface area is 102 Å². The van der Waals surface area contributed by atoms with Gasteiger partial charge in [0.25, 0.3) is 5.82 Å². The molecule has 2 rings (SSSR count). The van der Waals surface area contributed by atoms with Crippen LogP contribution in [0.1, 0.15) is 11.1 Å². The van der Waals surface area contributed by atoms with Crippen molar-refractivity contribution in [2.45, 2.75) is 12.7 Å². The lowest BCUT2D eigenvalue weighted by Crippen LogP contribution is -2.19. The molecule has 0 saturated heterocycles. The number of rotatable bonds is 3. The lowest BCUT2D eigenvalue weighted by molar-refractivity contribution is -0.364. The van der Waals surface area contributed by atoms with E-state index in [-0.39, 0.29) is 5.82 Å². The minimum absolute atomic E-state index is 0.0196. The second-order valence-corrected chi connectivity index (χ2v) is 3.80. The molecule has 0 radical (unpaired) electrons. The fraction of sp³-hybridized carbons (Fsp3) is 0.154. The summed E-state index contributed by atoms with van der Waals surface area (Å²) in [6.07, 6.45) is -2.90. The van der Waals surface area contributed by atoms with Gasteiger partial charge in [-0.3, -0.25) is 5.32 Å². The van der Waals surface area contributed by atoms with Crippen molar-refractivity contribution < 1.29 is 18.2 Å². The molecule has 1 heterocycles. The first-order valence-corrected chi connectivity index (χ1v) is 5.43. The maximum atomic E-state index is 12.7. The summed E-state index contributed by atoms with van der Waals surface area (Å²) in [5.41, 5.74) is 0.226. The number of halogens is 3. The fourth-order valence-corrected chi connectivity index (χ4v) is 1.61. The van der Waals surface area contributed by atoms with Crippen LogP contribution in [-0.2, 0) is 12.7 Å². The summed E-state index contributed by atoms with van der Waals surface area (Å²) < 4.78 is 38.1. The predicted octanol–water partition coefficient (Wildman–Crippen LogP) is 3.13. The summed E-state index contributed by atoms with van der Waals surface area (Å²) in [5.74, 6) is -0.0196. The minimum atomic E-state index is -4.36. The Morgan fingerprint density at radius 3 is 2.39 bits per heavy atom. The van der Waals surface area contributed by atoms with Gasteiger partial charge in [0.05, 0.1) is 6.20 Å². The number of aromatic amines is 1. The first-order chi connectivity index (χ1) is 8.57. The van der Waals surface area contributed by atoms with Gasteiger partial charge < -0.3 is 0 Å². The van der Waals surface area contributed by atoms with Gasteiger partial charge in [0.2, 0.25) is 0 Å². The van der Waals surface area contributed by atoms with Gasteiger partial charge in [-0.25, -0.2) is 4.98 Å². The Morgan fingerprint density at radius 1 is 1.00 bits per heavy atom. The number of hydrogen-bond donors (Lipinski definition) is 1. The SMILES string of the molecule is FC(F)(F)c1ccc[nH+]c1NCc1ccccc1. The number of alkyl halides is 3. The molecule has 0 fully saturated rings. The number of H-pyrrole nitrogens is 1. The molecule has 0 unspecified atom stereocenters. The van der Waals surface area contributed by atoms with E-state index in [1.165, 1.54) is 12.3 Å². The average molecular weight is 253 g/mol. The first kappa shape index (κ1) is 12.4. The zero-order chi connectivity index (χ0) is 13.0. The predicted molar refractivity (Wildman–Crippen MR) is 61.8 cm³/mol. The van der Waals surface area contributed by atoms with E-state index in [2.05, 4.69) is 10.3 Å². The Balaban J connectivity index is 2.15. The van der Waals surface area contributed by atoms with Crippen molar-refractivity contribution in [3.8, 4) is 0 Å². The van der Waals surface area contributed by atoms with E-state index in [0.29, 0.717) is 6.54 Å². The molecule has 1 aromatic carbocycles. The molecule has 0 atom stereocenters. The highest BCUT2D eigenvalue weighted by atomic mass is 19.4. The minimum Gasteiger partial charge on any atom is -0.270 e. The van der Waals surface area contributed by atoms with E-state index in [1.54, 1.807) is 0 Å². The number of hydrogen-bond acceptors (Lipinski definition) is 1. The number of pyridine rings is 1. The van der Waals surface area contributed by atoms with Gasteiger partial charge in [-0.1, -0.05) is 30.3 Å². The maximum Gasteiger partial charge on any atom is 0.424 e. The Morgan fingerprint density at radius 2 is 1.72 bits per heavy atom. The Kier molecular flexibility index (Phi) is 3.50. The van der Waals surface area contributed by atoms with E-state index >= 15 is 0 Å². The zero-order valence-corrected chi connectivity index (χ0v) is 9.46. The van der Waals surface area contributed by atoms with Crippen LogP contribution in [-0.4, -0.2) is 0 Å². The van der Waals surface area contributed by atoms with Crippen LogP contribution < -0.4 is 10.3 Å². The third kappa shape index (κ3) is 3.00. The molecule has 1 aromatic heterocycles. The first-order valence-electron chi connectivity index (χ1n) is 5.43. The third-order valence-corrected chi connectivity index (χ3v) is 2.47. The average Bonchev–Trinajstić information content (AvgIpc) is 2.37. The number of benzene rings is 1. The summed E-state index contributed by atoms with van der Waals surface area (Å²) >= 11 is 0. The molecule has 94 valence electrons. The van der Waals surface area contributed by atoms with Gasteiger partial charge in [-0.2, -0.15) is 13.2 Å². The van der Waals surface area contributed by atoms with Crippen molar-refractivity contribution in [2.75, 3.05) is 5.32 Å². The highest BCUT2D eigenvalue weighted by Crippen LogP contribution is 2.32. The molecule has 5 heteroatoms. The molecular formula is C13H12F3N2+. The standard InChI is InChI=1S/C13H11F3N2/c14-13(15,16)11-7-4-8-17-12(11)18-9-10-5-2-1-3-6-10/h1-8H,9H2,(H,17,18)/p+1. The molecule has 0 bridgehead atoms. The summed E-state index contributed by atoms with van der Waals surface area (Å²) in [7, 11) is 0. The normalized spacial score (nSPS) is 11.3. The third-order valence-electron chi connectivity index (χ3n) is 2.47. The number of anilines is 1. The van der Waals surface area contributed by atoms with Crippen LogP contribution >= 0.6 is 0 Å². The van der Waals surface area contributed by atoms with Crippen LogP contribution in [0.2, 0.25) is 0 Å². The van der Waals surface area contributed by atoms with Gasteiger partial charge >= 0.3 is 6.18 Å². The van der Waals surface area contributed by atoms with Crippen LogP contribution in [0.5, 0.6) is 0 Å². The number of aromatic nitrogens is 1. The summed E-state index contributed by atoms with van der Waals surface area (Å²) in [4.78, 5) is 2.58. The monoisotopic (exact) mass is 253 g/mol. The smallest absolute Gasteiger partial charge is 0.270 e. The van der Waals surface area contributed by atoms with Crippen LogP contribution in [0.3, 0.4) is 0 Å². The van der Waals surface area contributed by atoms with Crippen LogP contribution in [0, 0.1) is 0 Å². The van der Waals surface area contributed by atoms with E-state index in [0.717, 1.165) is 11.6 Å². The maximum absolute atomic E-state index is 12.7. The van der Waals surface area contributed by atoms with Crippen molar-refractivity contribution >= 4 is 5.82 Å². The Bertz CT molecular complexity index is 509. The lowest BCUT2D eigenvalue weighted by atomic mass is 10.2. The second-order valence-electron chi connectivity index (χ2n) is 3.80. The van der Waals surface area contributed by atoms with Crippen molar-refractivity contribution in [1.82, 2.24) is 0 Å². The largest absolute Gasteiger partial charge is 0.424 e. The molecule has 2 N–H and O–H groups in total. The van der Waals surface area contributed by atoms with E-state index < -0.39 is 11.7 Å². The second kappa shape index (κ2) is 5.08. The highest BCUT2D eigenvalue weighted by molar-refractivity contribution is 5.41. The Hall–Kier alpha value is -2.04. The molecule has 0 aliphatic carbocycles. The van der Waals surface area contributed by atoms with E-state index in [1.807, 2.05) is 30.3 Å². The molecule has 0 spiro atoms. The molecule has 0 amide bonds. The quantitative estimate of drug-likeness (QED) is 0.893. The van der Waals surface area contributed by atoms with E-state index in [9.17, 15) is 13.2 Å². The van der Waals surface area contributed by atoms with Gasteiger partial charge in [0, 0.05) is 0 Å². The van der Waals surface area contributed by atoms with Gasteiger partial charge in [0.15, 0.2) is 0 Å². The highest BCUT2D eigenvalue weighted by Gasteiger charge is 2.36. The van der Waals surface area contributed by atoms with Crippen molar-refractivity contribution in [2.24, 2.45) is 0 Å². The summed E-state index contributed by atoms with van der Waals surface area (Å²) in [6.45, 7) is 0.338. The molecule has 2 aromatic rings. The van der Waals surface area contributed by atoms with Gasteiger partial charge in [0.1, 0.15) is 12.1 Å². The van der Waals surface area contributed by atoms with Crippen molar-refractivity contribution in [1.29, 1.82) is 0 Å². The zero-order valence-electron chi connectivity index (χ0n) is 9.46. The molecule has 0 aliphatic rings. The van der Waals surface area contributed by atoms with Crippen LogP contribution in [0.15, 0.2) is 48.7 Å².